The maximum atomic E-state index is 13.1. The van der Waals surface area contributed by atoms with E-state index in [0.29, 0.717) is 24.0 Å². The molecule has 4 rings (SSSR count). The topological polar surface area (TPSA) is 58.1 Å². The van der Waals surface area contributed by atoms with Crippen LogP contribution in [0.2, 0.25) is 0 Å². The third-order valence-corrected chi connectivity index (χ3v) is 5.79. The molecule has 1 fully saturated rings. The second-order valence-corrected chi connectivity index (χ2v) is 8.21. The summed E-state index contributed by atoms with van der Waals surface area (Å²) in [5.41, 5.74) is 3.09. The molecule has 1 aliphatic rings. The molecule has 0 radical (unpaired) electrons. The van der Waals surface area contributed by atoms with Crippen LogP contribution in [0.15, 0.2) is 54.0 Å². The SMILES string of the molecule is O=C(CN1CCC[C@@H](c2cccc(Cc3ccc(F)cc3)n2)C1)Nc1nccs1. The van der Waals surface area contributed by atoms with Crippen molar-refractivity contribution in [2.24, 2.45) is 0 Å². The van der Waals surface area contributed by atoms with E-state index < -0.39 is 0 Å². The molecule has 1 aliphatic heterocycles. The number of hydrogen-bond donors (Lipinski definition) is 1. The smallest absolute Gasteiger partial charge is 0.240 e. The quantitative estimate of drug-likeness (QED) is 0.665. The first-order valence-electron chi connectivity index (χ1n) is 9.78. The van der Waals surface area contributed by atoms with E-state index in [1.165, 1.54) is 23.5 Å². The van der Waals surface area contributed by atoms with E-state index in [1.54, 1.807) is 18.3 Å². The van der Waals surface area contributed by atoms with Crippen molar-refractivity contribution in [3.05, 3.63) is 76.8 Å². The summed E-state index contributed by atoms with van der Waals surface area (Å²) in [5, 5.41) is 5.33. The van der Waals surface area contributed by atoms with Crippen LogP contribution in [-0.2, 0) is 11.2 Å². The lowest BCUT2D eigenvalue weighted by Gasteiger charge is -2.32. The Hall–Kier alpha value is -2.64. The van der Waals surface area contributed by atoms with Crippen molar-refractivity contribution in [2.75, 3.05) is 25.0 Å². The number of anilines is 1. The van der Waals surface area contributed by atoms with Crippen molar-refractivity contribution in [1.29, 1.82) is 0 Å². The lowest BCUT2D eigenvalue weighted by molar-refractivity contribution is -0.117. The second kappa shape index (κ2) is 9.24. The van der Waals surface area contributed by atoms with Gasteiger partial charge in [-0.3, -0.25) is 14.7 Å². The second-order valence-electron chi connectivity index (χ2n) is 7.32. The standard InChI is InChI=1S/C22H23FN4OS/c23-18-8-6-16(7-9-18)13-19-4-1-5-20(25-19)17-3-2-11-27(14-17)15-21(28)26-22-24-10-12-29-22/h1,4-10,12,17H,2-3,11,13-15H2,(H,24,26,28)/t17-/m1/s1. The number of benzene rings is 1. The van der Waals surface area contributed by atoms with E-state index in [4.69, 9.17) is 4.98 Å². The average molecular weight is 411 g/mol. The van der Waals surface area contributed by atoms with Gasteiger partial charge in [-0.25, -0.2) is 9.37 Å². The molecule has 0 aliphatic carbocycles. The maximum Gasteiger partial charge on any atom is 0.240 e. The first-order chi connectivity index (χ1) is 14.2. The van der Waals surface area contributed by atoms with Crippen LogP contribution in [0.1, 0.15) is 35.7 Å². The van der Waals surface area contributed by atoms with Crippen molar-refractivity contribution in [3.63, 3.8) is 0 Å². The molecule has 0 unspecified atom stereocenters. The number of thiazole rings is 1. The fraction of sp³-hybridized carbons (Fsp3) is 0.318. The minimum atomic E-state index is -0.225. The Bertz CT molecular complexity index is 946. The fourth-order valence-electron chi connectivity index (χ4n) is 3.72. The van der Waals surface area contributed by atoms with Crippen LogP contribution >= 0.6 is 11.3 Å². The third-order valence-electron chi connectivity index (χ3n) is 5.10. The summed E-state index contributed by atoms with van der Waals surface area (Å²) in [6, 6.07) is 12.7. The number of nitrogens with zero attached hydrogens (tertiary/aromatic N) is 3. The first kappa shape index (κ1) is 19.7. The largest absolute Gasteiger partial charge is 0.301 e. The Morgan fingerprint density at radius 3 is 2.90 bits per heavy atom. The minimum Gasteiger partial charge on any atom is -0.301 e. The molecule has 1 amide bonds. The Morgan fingerprint density at radius 2 is 2.10 bits per heavy atom. The molecule has 29 heavy (non-hydrogen) atoms. The first-order valence-corrected chi connectivity index (χ1v) is 10.7. The highest BCUT2D eigenvalue weighted by Gasteiger charge is 2.24. The van der Waals surface area contributed by atoms with E-state index in [0.717, 1.165) is 42.9 Å². The van der Waals surface area contributed by atoms with Crippen molar-refractivity contribution in [3.8, 4) is 0 Å². The number of aromatic nitrogens is 2. The highest BCUT2D eigenvalue weighted by atomic mass is 32.1. The number of rotatable bonds is 6. The van der Waals surface area contributed by atoms with Gasteiger partial charge in [-0.05, 0) is 49.2 Å². The monoisotopic (exact) mass is 410 g/mol. The van der Waals surface area contributed by atoms with Gasteiger partial charge in [0.05, 0.1) is 6.54 Å². The number of pyridine rings is 1. The lowest BCUT2D eigenvalue weighted by atomic mass is 9.94. The molecule has 1 aromatic carbocycles. The van der Waals surface area contributed by atoms with Crippen LogP contribution in [0.5, 0.6) is 0 Å². The van der Waals surface area contributed by atoms with Gasteiger partial charge in [0.1, 0.15) is 5.82 Å². The summed E-state index contributed by atoms with van der Waals surface area (Å²) in [6.07, 6.45) is 4.47. The van der Waals surface area contributed by atoms with Crippen LogP contribution < -0.4 is 5.32 Å². The van der Waals surface area contributed by atoms with Crippen molar-refractivity contribution in [2.45, 2.75) is 25.2 Å². The molecule has 0 spiro atoms. The van der Waals surface area contributed by atoms with E-state index in [2.05, 4.69) is 21.3 Å². The highest BCUT2D eigenvalue weighted by Crippen LogP contribution is 2.26. The van der Waals surface area contributed by atoms with Gasteiger partial charge in [-0.15, -0.1) is 11.3 Å². The summed E-state index contributed by atoms with van der Waals surface area (Å²) in [5.74, 6) is 0.0554. The number of amides is 1. The minimum absolute atomic E-state index is 0.0291. The molecule has 0 bridgehead atoms. The van der Waals surface area contributed by atoms with Crippen molar-refractivity contribution in [1.82, 2.24) is 14.9 Å². The van der Waals surface area contributed by atoms with Crippen LogP contribution in [-0.4, -0.2) is 40.4 Å². The van der Waals surface area contributed by atoms with Crippen LogP contribution in [0.25, 0.3) is 0 Å². The normalized spacial score (nSPS) is 17.2. The lowest BCUT2D eigenvalue weighted by Crippen LogP contribution is -2.40. The number of piperidine rings is 1. The summed E-state index contributed by atoms with van der Waals surface area (Å²) in [7, 11) is 0. The number of likely N-dealkylation sites (tertiary alicyclic amines) is 1. The van der Waals surface area contributed by atoms with E-state index >= 15 is 0 Å². The average Bonchev–Trinajstić information content (AvgIpc) is 3.23. The van der Waals surface area contributed by atoms with Gasteiger partial charge in [0.25, 0.3) is 0 Å². The molecule has 3 heterocycles. The number of carbonyl (C=O) groups excluding carboxylic acids is 1. The number of halogens is 1. The van der Waals surface area contributed by atoms with E-state index in [9.17, 15) is 9.18 Å². The fourth-order valence-corrected chi connectivity index (χ4v) is 4.27. The van der Waals surface area contributed by atoms with E-state index in [1.807, 2.05) is 17.5 Å². The predicted octanol–water partition coefficient (Wildman–Crippen LogP) is 4.09. The van der Waals surface area contributed by atoms with Crippen LogP contribution in [0, 0.1) is 5.82 Å². The molecular weight excluding hydrogens is 387 g/mol. The molecule has 1 atom stereocenters. The zero-order chi connectivity index (χ0) is 20.1. The maximum absolute atomic E-state index is 13.1. The van der Waals surface area contributed by atoms with Gasteiger partial charge in [0.15, 0.2) is 5.13 Å². The Morgan fingerprint density at radius 1 is 1.24 bits per heavy atom. The molecule has 0 saturated carbocycles. The van der Waals surface area contributed by atoms with Crippen molar-refractivity contribution >= 4 is 22.4 Å². The van der Waals surface area contributed by atoms with Gasteiger partial charge in [0, 0.05) is 41.8 Å². The molecular formula is C22H23FN4OS. The van der Waals surface area contributed by atoms with Crippen LogP contribution in [0.4, 0.5) is 9.52 Å². The van der Waals surface area contributed by atoms with Gasteiger partial charge in [0.2, 0.25) is 5.91 Å². The zero-order valence-corrected chi connectivity index (χ0v) is 16.9. The Kier molecular flexibility index (Phi) is 6.27. The van der Waals surface area contributed by atoms with Gasteiger partial charge in [-0.1, -0.05) is 18.2 Å². The molecule has 150 valence electrons. The highest BCUT2D eigenvalue weighted by molar-refractivity contribution is 7.13. The number of nitrogens with one attached hydrogen (secondary N) is 1. The predicted molar refractivity (Wildman–Crippen MR) is 113 cm³/mol. The molecule has 3 aromatic rings. The summed E-state index contributed by atoms with van der Waals surface area (Å²) in [4.78, 5) is 23.4. The third kappa shape index (κ3) is 5.46. The zero-order valence-electron chi connectivity index (χ0n) is 16.1. The van der Waals surface area contributed by atoms with Gasteiger partial charge >= 0.3 is 0 Å². The summed E-state index contributed by atoms with van der Waals surface area (Å²) >= 11 is 1.42. The molecule has 2 aromatic heterocycles. The molecule has 1 saturated heterocycles. The summed E-state index contributed by atoms with van der Waals surface area (Å²) in [6.45, 7) is 2.10. The Balaban J connectivity index is 1.37. The van der Waals surface area contributed by atoms with Crippen molar-refractivity contribution < 1.29 is 9.18 Å². The Labute approximate surface area is 173 Å². The summed E-state index contributed by atoms with van der Waals surface area (Å²) < 4.78 is 13.1. The number of hydrogen-bond acceptors (Lipinski definition) is 5. The van der Waals surface area contributed by atoms with Gasteiger partial charge in [-0.2, -0.15) is 0 Å². The molecule has 5 nitrogen and oxygen atoms in total. The van der Waals surface area contributed by atoms with E-state index in [-0.39, 0.29) is 11.7 Å². The number of carbonyl (C=O) groups is 1. The van der Waals surface area contributed by atoms with Gasteiger partial charge < -0.3 is 5.32 Å². The molecule has 1 N–H and O–H groups in total. The van der Waals surface area contributed by atoms with Crippen LogP contribution in [0.3, 0.4) is 0 Å². The molecule has 7 heteroatoms.